The van der Waals surface area contributed by atoms with E-state index in [2.05, 4.69) is 51.1 Å². The lowest BCUT2D eigenvalue weighted by Crippen LogP contribution is -2.39. The highest BCUT2D eigenvalue weighted by Gasteiger charge is 2.23. The van der Waals surface area contributed by atoms with E-state index in [1.54, 1.807) is 0 Å². The van der Waals surface area contributed by atoms with Crippen LogP contribution >= 0.6 is 0 Å². The molecule has 2 aliphatic heterocycles. The van der Waals surface area contributed by atoms with Crippen LogP contribution < -0.4 is 0 Å². The second-order valence-electron chi connectivity index (χ2n) is 10.4. The molecule has 2 aromatic heterocycles. The SMILES string of the molecule is O=C(CCc1ccccc1)N1CCC(Cn2cnc3cc(-c4cnn(C5CCCCO5)c4)ccc32)CC1. The van der Waals surface area contributed by atoms with E-state index >= 15 is 0 Å². The second kappa shape index (κ2) is 10.9. The van der Waals surface area contributed by atoms with Crippen molar-refractivity contribution in [2.75, 3.05) is 19.7 Å². The van der Waals surface area contributed by atoms with Crippen LogP contribution in [0.2, 0.25) is 0 Å². The molecule has 0 radical (unpaired) electrons. The van der Waals surface area contributed by atoms with Gasteiger partial charge in [0.2, 0.25) is 5.91 Å². The molecule has 2 aliphatic rings. The third-order valence-corrected chi connectivity index (χ3v) is 7.90. The summed E-state index contributed by atoms with van der Waals surface area (Å²) in [6.45, 7) is 3.46. The molecule has 0 saturated carbocycles. The molecule has 7 heteroatoms. The summed E-state index contributed by atoms with van der Waals surface area (Å²) >= 11 is 0. The predicted octanol–water partition coefficient (Wildman–Crippen LogP) is 5.47. The lowest BCUT2D eigenvalue weighted by atomic mass is 9.96. The van der Waals surface area contributed by atoms with Gasteiger partial charge in [0.05, 0.1) is 23.6 Å². The molecule has 1 unspecified atom stereocenters. The first kappa shape index (κ1) is 23.9. The number of carbonyl (C=O) groups is 1. The van der Waals surface area contributed by atoms with Crippen molar-refractivity contribution in [2.24, 2.45) is 5.92 Å². The molecule has 192 valence electrons. The van der Waals surface area contributed by atoms with Crippen LogP contribution in [0.15, 0.2) is 67.3 Å². The molecule has 4 heterocycles. The normalized spacial score (nSPS) is 18.9. The van der Waals surface area contributed by atoms with Gasteiger partial charge in [-0.1, -0.05) is 36.4 Å². The van der Waals surface area contributed by atoms with Gasteiger partial charge < -0.3 is 14.2 Å². The van der Waals surface area contributed by atoms with Gasteiger partial charge in [-0.3, -0.25) is 4.79 Å². The third-order valence-electron chi connectivity index (χ3n) is 7.90. The van der Waals surface area contributed by atoms with Gasteiger partial charge in [-0.25, -0.2) is 9.67 Å². The van der Waals surface area contributed by atoms with Crippen LogP contribution in [0, 0.1) is 5.92 Å². The highest BCUT2D eigenvalue weighted by atomic mass is 16.5. The monoisotopic (exact) mass is 497 g/mol. The Hall–Kier alpha value is -3.45. The Bertz CT molecular complexity index is 1330. The summed E-state index contributed by atoms with van der Waals surface area (Å²) in [5.41, 5.74) is 5.62. The molecule has 37 heavy (non-hydrogen) atoms. The minimum atomic E-state index is 0.0519. The fourth-order valence-electron chi connectivity index (χ4n) is 5.66. The van der Waals surface area contributed by atoms with Crippen LogP contribution in [-0.4, -0.2) is 49.8 Å². The van der Waals surface area contributed by atoms with Crippen LogP contribution in [0.25, 0.3) is 22.2 Å². The molecular formula is C30H35N5O2. The van der Waals surface area contributed by atoms with E-state index in [-0.39, 0.29) is 12.1 Å². The maximum Gasteiger partial charge on any atom is 0.222 e. The van der Waals surface area contributed by atoms with Crippen molar-refractivity contribution in [2.45, 2.75) is 57.7 Å². The number of ether oxygens (including phenoxy) is 1. The number of carbonyl (C=O) groups excluding carboxylic acids is 1. The molecule has 0 aliphatic carbocycles. The first-order valence-corrected chi connectivity index (χ1v) is 13.7. The summed E-state index contributed by atoms with van der Waals surface area (Å²) in [5, 5.41) is 4.56. The van der Waals surface area contributed by atoms with Crippen LogP contribution in [0.4, 0.5) is 0 Å². The fourth-order valence-corrected chi connectivity index (χ4v) is 5.66. The van der Waals surface area contributed by atoms with Gasteiger partial charge in [0.15, 0.2) is 0 Å². The number of benzene rings is 2. The molecular weight excluding hydrogens is 462 g/mol. The number of fused-ring (bicyclic) bond motifs is 1. The minimum absolute atomic E-state index is 0.0519. The molecule has 6 rings (SSSR count). The number of hydrogen-bond donors (Lipinski definition) is 0. The van der Waals surface area contributed by atoms with E-state index in [4.69, 9.17) is 9.72 Å². The predicted molar refractivity (Wildman–Crippen MR) is 144 cm³/mol. The lowest BCUT2D eigenvalue weighted by Gasteiger charge is -2.32. The van der Waals surface area contributed by atoms with Gasteiger partial charge in [-0.05, 0) is 67.7 Å². The number of piperidine rings is 1. The van der Waals surface area contributed by atoms with Crippen molar-refractivity contribution < 1.29 is 9.53 Å². The van der Waals surface area contributed by atoms with Gasteiger partial charge in [0.1, 0.15) is 6.23 Å². The molecule has 0 spiro atoms. The number of hydrogen-bond acceptors (Lipinski definition) is 4. The zero-order valence-corrected chi connectivity index (χ0v) is 21.3. The Kier molecular flexibility index (Phi) is 7.04. The number of aromatic nitrogens is 4. The Morgan fingerprint density at radius 2 is 1.86 bits per heavy atom. The molecule has 2 aromatic carbocycles. The largest absolute Gasteiger partial charge is 0.357 e. The number of nitrogens with zero attached hydrogens (tertiary/aromatic N) is 5. The van der Waals surface area contributed by atoms with Crippen molar-refractivity contribution in [1.82, 2.24) is 24.2 Å². The van der Waals surface area contributed by atoms with Gasteiger partial charge in [0.25, 0.3) is 0 Å². The maximum absolute atomic E-state index is 12.7. The molecule has 4 aromatic rings. The lowest BCUT2D eigenvalue weighted by molar-refractivity contribution is -0.132. The van der Waals surface area contributed by atoms with E-state index in [1.165, 1.54) is 12.0 Å². The second-order valence-corrected chi connectivity index (χ2v) is 10.4. The molecule has 2 fully saturated rings. The average Bonchev–Trinajstić information content (AvgIpc) is 3.61. The van der Waals surface area contributed by atoms with Crippen molar-refractivity contribution in [3.63, 3.8) is 0 Å². The van der Waals surface area contributed by atoms with E-state index in [9.17, 15) is 4.79 Å². The van der Waals surface area contributed by atoms with Crippen molar-refractivity contribution in [1.29, 1.82) is 0 Å². The molecule has 0 bridgehead atoms. The van der Waals surface area contributed by atoms with Crippen LogP contribution in [-0.2, 0) is 22.5 Å². The number of imidazole rings is 1. The zero-order chi connectivity index (χ0) is 25.0. The quantitative estimate of drug-likeness (QED) is 0.340. The highest BCUT2D eigenvalue weighted by molar-refractivity contribution is 5.82. The minimum Gasteiger partial charge on any atom is -0.357 e. The summed E-state index contributed by atoms with van der Waals surface area (Å²) in [5.74, 6) is 0.838. The van der Waals surface area contributed by atoms with Crippen molar-refractivity contribution >= 4 is 16.9 Å². The first-order valence-electron chi connectivity index (χ1n) is 13.7. The van der Waals surface area contributed by atoms with E-state index in [0.717, 1.165) is 80.5 Å². The van der Waals surface area contributed by atoms with Gasteiger partial charge in [0, 0.05) is 44.4 Å². The summed E-state index contributed by atoms with van der Waals surface area (Å²) in [7, 11) is 0. The number of likely N-dealkylation sites (tertiary alicyclic amines) is 1. The molecule has 2 saturated heterocycles. The topological polar surface area (TPSA) is 65.2 Å². The highest BCUT2D eigenvalue weighted by Crippen LogP contribution is 2.28. The molecule has 1 amide bonds. The van der Waals surface area contributed by atoms with Crippen LogP contribution in [0.1, 0.15) is 50.3 Å². The van der Waals surface area contributed by atoms with E-state index in [0.29, 0.717) is 12.3 Å². The number of amides is 1. The van der Waals surface area contributed by atoms with Crippen molar-refractivity contribution in [3.8, 4) is 11.1 Å². The molecule has 0 N–H and O–H groups in total. The fraction of sp³-hybridized carbons (Fsp3) is 0.433. The van der Waals surface area contributed by atoms with E-state index < -0.39 is 0 Å². The summed E-state index contributed by atoms with van der Waals surface area (Å²) in [4.78, 5) is 19.5. The van der Waals surface area contributed by atoms with Gasteiger partial charge in [-0.2, -0.15) is 5.10 Å². The first-order chi connectivity index (χ1) is 18.2. The number of aryl methyl sites for hydroxylation is 1. The third kappa shape index (κ3) is 5.47. The molecule has 7 nitrogen and oxygen atoms in total. The zero-order valence-electron chi connectivity index (χ0n) is 21.3. The summed E-state index contributed by atoms with van der Waals surface area (Å²) in [6, 6.07) is 16.8. The Labute approximate surface area is 218 Å². The van der Waals surface area contributed by atoms with Gasteiger partial charge >= 0.3 is 0 Å². The Morgan fingerprint density at radius 1 is 1.00 bits per heavy atom. The number of rotatable bonds is 7. The van der Waals surface area contributed by atoms with Crippen LogP contribution in [0.3, 0.4) is 0 Å². The average molecular weight is 498 g/mol. The summed E-state index contributed by atoms with van der Waals surface area (Å²) < 4.78 is 10.1. The Morgan fingerprint density at radius 3 is 2.68 bits per heavy atom. The van der Waals surface area contributed by atoms with E-state index in [1.807, 2.05) is 35.4 Å². The van der Waals surface area contributed by atoms with Gasteiger partial charge in [-0.15, -0.1) is 0 Å². The smallest absolute Gasteiger partial charge is 0.222 e. The standard InChI is InChI=1S/C30H35N5O2/c36-29(12-9-23-6-2-1-3-7-23)33-15-13-24(14-16-33)20-34-22-31-27-18-25(10-11-28(27)34)26-19-32-35(21-26)30-8-4-5-17-37-30/h1-3,6-7,10-11,18-19,21-22,24,30H,4-5,8-9,12-17,20H2. The van der Waals surface area contributed by atoms with Crippen LogP contribution in [0.5, 0.6) is 0 Å². The maximum atomic E-state index is 12.7. The van der Waals surface area contributed by atoms with Crippen molar-refractivity contribution in [3.05, 3.63) is 72.8 Å². The molecule has 1 atom stereocenters. The summed E-state index contributed by atoms with van der Waals surface area (Å²) in [6.07, 6.45) is 12.9. The Balaban J connectivity index is 1.04.